The monoisotopic (exact) mass is 617 g/mol. The number of hydrogen-bond acceptors (Lipinski definition) is 8. The van der Waals surface area contributed by atoms with E-state index in [1.54, 1.807) is 24.4 Å². The average Bonchev–Trinajstić information content (AvgIpc) is 3.66. The summed E-state index contributed by atoms with van der Waals surface area (Å²) in [5.74, 6) is 0.0951. The lowest BCUT2D eigenvalue weighted by atomic mass is 10.1. The van der Waals surface area contributed by atoms with Crippen LogP contribution in [0.15, 0.2) is 103 Å². The standard InChI is InChI=1S/C34H31N7O3S/c1-2-44-18-16-35-32(43)25-11-7-13-27(22-25)38-33-36-15-14-28(39-33)31-30(40-34-41(31)17-19-45-34)24-10-6-12-26(21-24)37-29(42)20-23-8-4-3-5-9-23/h3-15,17,19,21-22H,2,16,18,20H2,1H3,(H,35,43)(H,37,42)(H,36,38,39). The first-order valence-electron chi connectivity index (χ1n) is 14.5. The lowest BCUT2D eigenvalue weighted by Crippen LogP contribution is -2.27. The van der Waals surface area contributed by atoms with Gasteiger partial charge in [-0.1, -0.05) is 48.5 Å². The smallest absolute Gasteiger partial charge is 0.251 e. The topological polar surface area (TPSA) is 123 Å². The SMILES string of the molecule is CCOCCNC(=O)c1cccc(Nc2nccc(-c3c(-c4cccc(NC(=O)Cc5ccccc5)c4)nc4sccn34)n2)c1. The van der Waals surface area contributed by atoms with Crippen molar-refractivity contribution in [2.45, 2.75) is 13.3 Å². The van der Waals surface area contributed by atoms with E-state index in [0.29, 0.717) is 48.3 Å². The zero-order valence-electron chi connectivity index (χ0n) is 24.6. The maximum atomic E-state index is 12.8. The molecule has 10 nitrogen and oxygen atoms in total. The van der Waals surface area contributed by atoms with Gasteiger partial charge >= 0.3 is 0 Å². The molecular weight excluding hydrogens is 586 g/mol. The molecule has 0 saturated heterocycles. The second-order valence-electron chi connectivity index (χ2n) is 10.1. The Hall–Kier alpha value is -5.39. The van der Waals surface area contributed by atoms with Gasteiger partial charge in [0.15, 0.2) is 4.96 Å². The number of fused-ring (bicyclic) bond motifs is 1. The first-order chi connectivity index (χ1) is 22.1. The molecule has 3 aromatic heterocycles. The van der Waals surface area contributed by atoms with Gasteiger partial charge in [-0.15, -0.1) is 11.3 Å². The van der Waals surface area contributed by atoms with E-state index in [9.17, 15) is 9.59 Å². The van der Waals surface area contributed by atoms with Crippen molar-refractivity contribution in [1.82, 2.24) is 24.7 Å². The van der Waals surface area contributed by atoms with Gasteiger partial charge in [0.2, 0.25) is 11.9 Å². The second-order valence-corrected chi connectivity index (χ2v) is 11.0. The Labute approximate surface area is 264 Å². The molecule has 3 N–H and O–H groups in total. The quantitative estimate of drug-likeness (QED) is 0.140. The number of ether oxygens (including phenoxy) is 1. The van der Waals surface area contributed by atoms with Crippen LogP contribution in [0.2, 0.25) is 0 Å². The second kappa shape index (κ2) is 13.9. The first kappa shape index (κ1) is 29.7. The predicted octanol–water partition coefficient (Wildman–Crippen LogP) is 6.21. The minimum Gasteiger partial charge on any atom is -0.380 e. The van der Waals surface area contributed by atoms with Crippen LogP contribution in [0.25, 0.3) is 27.6 Å². The molecule has 6 rings (SSSR count). The normalized spacial score (nSPS) is 11.0. The lowest BCUT2D eigenvalue weighted by Gasteiger charge is -2.10. The molecule has 0 aliphatic rings. The van der Waals surface area contributed by atoms with E-state index >= 15 is 0 Å². The zero-order valence-corrected chi connectivity index (χ0v) is 25.4. The number of imidazole rings is 1. The Kier molecular flexibility index (Phi) is 9.19. The summed E-state index contributed by atoms with van der Waals surface area (Å²) in [7, 11) is 0. The summed E-state index contributed by atoms with van der Waals surface area (Å²) in [5.41, 5.74) is 5.86. The van der Waals surface area contributed by atoms with E-state index in [1.807, 2.05) is 89.6 Å². The van der Waals surface area contributed by atoms with Crippen LogP contribution < -0.4 is 16.0 Å². The van der Waals surface area contributed by atoms with E-state index in [2.05, 4.69) is 20.9 Å². The number of anilines is 3. The van der Waals surface area contributed by atoms with Crippen molar-refractivity contribution in [3.8, 4) is 22.6 Å². The zero-order chi connectivity index (χ0) is 31.0. The minimum absolute atomic E-state index is 0.0945. The van der Waals surface area contributed by atoms with Crippen molar-refractivity contribution in [3.63, 3.8) is 0 Å². The minimum atomic E-state index is -0.185. The summed E-state index contributed by atoms with van der Waals surface area (Å²) in [6.45, 7) is 3.41. The molecule has 0 fully saturated rings. The molecule has 0 atom stereocenters. The van der Waals surface area contributed by atoms with E-state index in [1.165, 1.54) is 11.3 Å². The van der Waals surface area contributed by atoms with Crippen molar-refractivity contribution in [3.05, 3.63) is 114 Å². The number of amides is 2. The predicted molar refractivity (Wildman–Crippen MR) is 177 cm³/mol. The molecule has 0 aliphatic heterocycles. The highest BCUT2D eigenvalue weighted by Gasteiger charge is 2.19. The molecule has 2 amide bonds. The Morgan fingerprint density at radius 3 is 2.64 bits per heavy atom. The maximum absolute atomic E-state index is 12.8. The van der Waals surface area contributed by atoms with Gasteiger partial charge in [-0.05, 0) is 48.9 Å². The number of thiazole rings is 1. The molecule has 11 heteroatoms. The third-order valence-corrected chi connectivity index (χ3v) is 7.66. The number of carbonyl (C=O) groups excluding carboxylic acids is 2. The van der Waals surface area contributed by atoms with Gasteiger partial charge < -0.3 is 20.7 Å². The van der Waals surface area contributed by atoms with Crippen molar-refractivity contribution in [2.24, 2.45) is 0 Å². The van der Waals surface area contributed by atoms with E-state index in [-0.39, 0.29) is 18.2 Å². The number of benzene rings is 3. The molecule has 226 valence electrons. The van der Waals surface area contributed by atoms with Crippen LogP contribution in [0.5, 0.6) is 0 Å². The van der Waals surface area contributed by atoms with Crippen LogP contribution in [0, 0.1) is 0 Å². The molecule has 0 spiro atoms. The van der Waals surface area contributed by atoms with Crippen LogP contribution in [-0.4, -0.2) is 50.9 Å². The fraction of sp³-hybridized carbons (Fsp3) is 0.147. The summed E-state index contributed by atoms with van der Waals surface area (Å²) in [6, 6.07) is 26.3. The largest absolute Gasteiger partial charge is 0.380 e. The third-order valence-electron chi connectivity index (χ3n) is 6.90. The van der Waals surface area contributed by atoms with E-state index in [4.69, 9.17) is 14.7 Å². The highest BCUT2D eigenvalue weighted by Crippen LogP contribution is 2.35. The van der Waals surface area contributed by atoms with Gasteiger partial charge in [-0.3, -0.25) is 14.0 Å². The fourth-order valence-corrected chi connectivity index (χ4v) is 5.58. The molecule has 0 aliphatic carbocycles. The van der Waals surface area contributed by atoms with Gasteiger partial charge in [-0.25, -0.2) is 15.0 Å². The maximum Gasteiger partial charge on any atom is 0.251 e. The number of aromatic nitrogens is 4. The number of nitrogens with zero attached hydrogens (tertiary/aromatic N) is 4. The van der Waals surface area contributed by atoms with Crippen LogP contribution in [0.1, 0.15) is 22.8 Å². The molecule has 45 heavy (non-hydrogen) atoms. The molecular formula is C34H31N7O3S. The Morgan fingerprint density at radius 1 is 0.933 bits per heavy atom. The van der Waals surface area contributed by atoms with E-state index in [0.717, 1.165) is 27.5 Å². The number of hydrogen-bond donors (Lipinski definition) is 3. The Morgan fingerprint density at radius 2 is 1.78 bits per heavy atom. The van der Waals surface area contributed by atoms with Gasteiger partial charge in [-0.2, -0.15) is 0 Å². The van der Waals surface area contributed by atoms with Crippen molar-refractivity contribution < 1.29 is 14.3 Å². The first-order valence-corrected chi connectivity index (χ1v) is 15.4. The van der Waals surface area contributed by atoms with Crippen LogP contribution in [-0.2, 0) is 16.0 Å². The Balaban J connectivity index is 1.24. The van der Waals surface area contributed by atoms with E-state index < -0.39 is 0 Å². The number of carbonyl (C=O) groups is 2. The van der Waals surface area contributed by atoms with Gasteiger partial charge in [0.1, 0.15) is 5.69 Å². The molecule has 0 saturated carbocycles. The Bertz CT molecular complexity index is 1940. The van der Waals surface area contributed by atoms with Crippen molar-refractivity contribution in [1.29, 1.82) is 0 Å². The third kappa shape index (κ3) is 7.23. The lowest BCUT2D eigenvalue weighted by molar-refractivity contribution is -0.115. The molecule has 3 heterocycles. The highest BCUT2D eigenvalue weighted by atomic mass is 32.1. The summed E-state index contributed by atoms with van der Waals surface area (Å²) < 4.78 is 7.30. The average molecular weight is 618 g/mol. The summed E-state index contributed by atoms with van der Waals surface area (Å²) in [6.07, 6.45) is 3.93. The fourth-order valence-electron chi connectivity index (χ4n) is 4.86. The van der Waals surface area contributed by atoms with Gasteiger partial charge in [0, 0.05) is 53.4 Å². The van der Waals surface area contributed by atoms with Crippen LogP contribution >= 0.6 is 11.3 Å². The number of rotatable bonds is 12. The molecule has 0 unspecified atom stereocenters. The van der Waals surface area contributed by atoms with Crippen LogP contribution in [0.3, 0.4) is 0 Å². The summed E-state index contributed by atoms with van der Waals surface area (Å²) in [4.78, 5) is 40.3. The number of nitrogens with one attached hydrogen (secondary N) is 3. The summed E-state index contributed by atoms with van der Waals surface area (Å²) in [5, 5.41) is 11.1. The molecule has 0 radical (unpaired) electrons. The van der Waals surface area contributed by atoms with Gasteiger partial charge in [0.25, 0.3) is 5.91 Å². The molecule has 0 bridgehead atoms. The molecule has 3 aromatic carbocycles. The van der Waals surface area contributed by atoms with Gasteiger partial charge in [0.05, 0.1) is 24.4 Å². The van der Waals surface area contributed by atoms with Crippen LogP contribution in [0.4, 0.5) is 17.3 Å². The van der Waals surface area contributed by atoms with Crippen molar-refractivity contribution >= 4 is 45.4 Å². The summed E-state index contributed by atoms with van der Waals surface area (Å²) >= 11 is 1.52. The molecule has 6 aromatic rings. The highest BCUT2D eigenvalue weighted by molar-refractivity contribution is 7.15. The van der Waals surface area contributed by atoms with Crippen molar-refractivity contribution in [2.75, 3.05) is 30.4 Å².